The van der Waals surface area contributed by atoms with E-state index in [1.54, 1.807) is 13.2 Å². The minimum absolute atomic E-state index is 0.0232. The van der Waals surface area contributed by atoms with Crippen molar-refractivity contribution in [2.45, 2.75) is 119 Å². The first-order valence-electron chi connectivity index (χ1n) is 17.6. The second kappa shape index (κ2) is 17.4. The van der Waals surface area contributed by atoms with E-state index in [2.05, 4.69) is 39.5 Å². The molecule has 0 bridgehead atoms. The van der Waals surface area contributed by atoms with Gasteiger partial charge in [0.05, 0.1) is 37.4 Å². The van der Waals surface area contributed by atoms with Crippen LogP contribution >= 0.6 is 0 Å². The van der Waals surface area contributed by atoms with E-state index in [-0.39, 0.29) is 48.9 Å². The van der Waals surface area contributed by atoms with Crippen molar-refractivity contribution in [3.63, 3.8) is 0 Å². The predicted molar refractivity (Wildman–Crippen MR) is 182 cm³/mol. The summed E-state index contributed by atoms with van der Waals surface area (Å²) in [4.78, 5) is 14.5. The average molecular weight is 652 g/mol. The fraction of sp³-hybridized carbons (Fsp3) is 0.811. The van der Waals surface area contributed by atoms with Crippen molar-refractivity contribution in [2.24, 2.45) is 28.6 Å². The molecule has 266 valence electrons. The van der Waals surface area contributed by atoms with E-state index in [1.807, 2.05) is 40.7 Å². The third-order valence-electron chi connectivity index (χ3n) is 10.5. The SMILES string of the molecule is CC.CC.COC1=C2OC/C(=C(C)\C=C/COC(=O)OCC[C@@H](O)CO)C23CCN(CC2CC2)C(C)C3CC1C(C)(O)C(C)(C)C. The van der Waals surface area contributed by atoms with Crippen molar-refractivity contribution in [1.29, 1.82) is 0 Å². The highest BCUT2D eigenvalue weighted by Gasteiger charge is 2.63. The van der Waals surface area contributed by atoms with Crippen LogP contribution in [0.5, 0.6) is 0 Å². The van der Waals surface area contributed by atoms with E-state index in [1.165, 1.54) is 18.4 Å². The molecule has 9 nitrogen and oxygen atoms in total. The molecule has 46 heavy (non-hydrogen) atoms. The summed E-state index contributed by atoms with van der Waals surface area (Å²) in [5.41, 5.74) is 0.654. The van der Waals surface area contributed by atoms with Crippen molar-refractivity contribution in [3.8, 4) is 0 Å². The highest BCUT2D eigenvalue weighted by Crippen LogP contribution is 2.64. The maximum Gasteiger partial charge on any atom is 0.508 e. The zero-order valence-electron chi connectivity index (χ0n) is 30.6. The summed E-state index contributed by atoms with van der Waals surface area (Å²) >= 11 is 0. The smallest absolute Gasteiger partial charge is 0.497 e. The van der Waals surface area contributed by atoms with E-state index in [0.29, 0.717) is 12.6 Å². The number of carbonyl (C=O) groups excluding carboxylic acids is 1. The van der Waals surface area contributed by atoms with E-state index < -0.39 is 17.9 Å². The molecule has 0 radical (unpaired) electrons. The maximum absolute atomic E-state index is 12.0. The van der Waals surface area contributed by atoms with Crippen LogP contribution in [0.2, 0.25) is 0 Å². The first kappa shape index (κ1) is 40.1. The first-order valence-corrected chi connectivity index (χ1v) is 17.6. The van der Waals surface area contributed by atoms with Gasteiger partial charge in [0, 0.05) is 24.9 Å². The van der Waals surface area contributed by atoms with Gasteiger partial charge < -0.3 is 39.2 Å². The van der Waals surface area contributed by atoms with Crippen molar-refractivity contribution in [1.82, 2.24) is 4.90 Å². The number of ether oxygens (including phenoxy) is 4. The molecule has 0 aromatic carbocycles. The van der Waals surface area contributed by atoms with Crippen molar-refractivity contribution in [2.75, 3.05) is 46.6 Å². The Bertz CT molecular complexity index is 1070. The molecule has 5 unspecified atom stereocenters. The van der Waals surface area contributed by atoms with Crippen LogP contribution in [0, 0.1) is 28.6 Å². The molecule has 4 aliphatic rings. The summed E-state index contributed by atoms with van der Waals surface area (Å²) in [6.45, 7) is 22.9. The summed E-state index contributed by atoms with van der Waals surface area (Å²) in [7, 11) is 1.70. The molecule has 1 spiro atoms. The van der Waals surface area contributed by atoms with Gasteiger partial charge in [-0.05, 0) is 87.5 Å². The number of methoxy groups -OCH3 is 1. The number of hydrogen-bond donors (Lipinski definition) is 3. The third kappa shape index (κ3) is 8.69. The third-order valence-corrected chi connectivity index (χ3v) is 10.5. The quantitative estimate of drug-likeness (QED) is 0.212. The first-order chi connectivity index (χ1) is 21.8. The fourth-order valence-electron chi connectivity index (χ4n) is 7.23. The van der Waals surface area contributed by atoms with E-state index >= 15 is 0 Å². The lowest BCUT2D eigenvalue weighted by Crippen LogP contribution is -2.59. The minimum atomic E-state index is -0.997. The molecule has 2 aliphatic carbocycles. The molecular weight excluding hydrogens is 586 g/mol. The normalized spacial score (nSPS) is 29.1. The van der Waals surface area contributed by atoms with Gasteiger partial charge in [-0.3, -0.25) is 0 Å². The molecule has 2 saturated heterocycles. The summed E-state index contributed by atoms with van der Waals surface area (Å²) in [5.74, 6) is 2.53. The van der Waals surface area contributed by atoms with Crippen molar-refractivity contribution < 1.29 is 39.1 Å². The lowest BCUT2D eigenvalue weighted by molar-refractivity contribution is -0.120. The van der Waals surface area contributed by atoms with Crippen LogP contribution in [0.4, 0.5) is 4.79 Å². The summed E-state index contributed by atoms with van der Waals surface area (Å²) in [6, 6.07) is 0.321. The lowest BCUT2D eigenvalue weighted by Gasteiger charge is -2.56. The molecule has 3 fully saturated rings. The number of rotatable bonds is 11. The molecule has 4 rings (SSSR count). The van der Waals surface area contributed by atoms with Gasteiger partial charge in [-0.2, -0.15) is 0 Å². The Hall–Kier alpha value is -2.07. The average Bonchev–Trinajstić information content (AvgIpc) is 3.78. The van der Waals surface area contributed by atoms with Gasteiger partial charge in [0.1, 0.15) is 24.7 Å². The van der Waals surface area contributed by atoms with Crippen LogP contribution in [0.25, 0.3) is 0 Å². The summed E-state index contributed by atoms with van der Waals surface area (Å²) < 4.78 is 22.8. The van der Waals surface area contributed by atoms with Gasteiger partial charge in [-0.25, -0.2) is 4.79 Å². The highest BCUT2D eigenvalue weighted by molar-refractivity contribution is 5.60. The summed E-state index contributed by atoms with van der Waals surface area (Å²) in [5, 5.41) is 30.2. The molecule has 0 aromatic heterocycles. The van der Waals surface area contributed by atoms with Gasteiger partial charge >= 0.3 is 6.16 Å². The predicted octanol–water partition coefficient (Wildman–Crippen LogP) is 6.62. The van der Waals surface area contributed by atoms with Crippen LogP contribution in [0.1, 0.15) is 101 Å². The number of aliphatic hydroxyl groups is 3. The number of hydrogen-bond acceptors (Lipinski definition) is 9. The molecule has 9 heteroatoms. The molecule has 2 heterocycles. The summed E-state index contributed by atoms with van der Waals surface area (Å²) in [6.07, 6.45) is 6.59. The standard InChI is InChI=1S/C33H53NO8.2C2H6/c1-21(9-8-15-40-30(37)41-16-12-24(36)19-35)27-20-42-29-28(39-7)26(32(6,38)31(3,4)5)17-25-22(2)34(18-23-10-11-23)14-13-33(25,27)29;2*1-2/h8-9,22-26,35-36,38H,10-20H2,1-7H3;2*1-2H3/b9-8-,27-21+;;/t22?,24-,25?,26?,32?,33?;;/m1../s1. The topological polar surface area (TPSA) is 118 Å². The molecular formula is C37H65NO8. The molecule has 0 amide bonds. The van der Waals surface area contributed by atoms with E-state index in [9.17, 15) is 15.0 Å². The second-order valence-corrected chi connectivity index (χ2v) is 14.0. The molecule has 3 N–H and O–H groups in total. The zero-order valence-corrected chi connectivity index (χ0v) is 30.6. The molecule has 1 saturated carbocycles. The molecule has 6 atom stereocenters. The van der Waals surface area contributed by atoms with Crippen LogP contribution in [0.3, 0.4) is 0 Å². The van der Waals surface area contributed by atoms with Gasteiger partial charge in [-0.15, -0.1) is 0 Å². The molecule has 0 aromatic rings. The second-order valence-electron chi connectivity index (χ2n) is 14.0. The minimum Gasteiger partial charge on any atom is -0.497 e. The number of allylic oxidation sites excluding steroid dienone is 3. The number of aliphatic hydroxyl groups excluding tert-OH is 2. The number of likely N-dealkylation sites (tertiary alicyclic amines) is 1. The Morgan fingerprint density at radius 2 is 1.80 bits per heavy atom. The Kier molecular flexibility index (Phi) is 15.1. The highest BCUT2D eigenvalue weighted by atomic mass is 16.7. The van der Waals surface area contributed by atoms with Gasteiger partial charge in [-0.1, -0.05) is 54.5 Å². The fourth-order valence-corrected chi connectivity index (χ4v) is 7.23. The van der Waals surface area contributed by atoms with Gasteiger partial charge in [0.2, 0.25) is 0 Å². The largest absolute Gasteiger partial charge is 0.508 e. The number of carbonyl (C=O) groups is 1. The van der Waals surface area contributed by atoms with Crippen LogP contribution in [-0.4, -0.2) is 90.7 Å². The molecule has 2 aliphatic heterocycles. The Balaban J connectivity index is 0.00000177. The van der Waals surface area contributed by atoms with Crippen LogP contribution in [0.15, 0.2) is 34.8 Å². The monoisotopic (exact) mass is 651 g/mol. The Labute approximate surface area is 279 Å². The maximum atomic E-state index is 12.0. The lowest BCUT2D eigenvalue weighted by atomic mass is 9.53. The number of piperidine rings is 1. The zero-order chi connectivity index (χ0) is 34.9. The van der Waals surface area contributed by atoms with Crippen molar-refractivity contribution in [3.05, 3.63) is 34.8 Å². The Morgan fingerprint density at radius 1 is 1.15 bits per heavy atom. The van der Waals surface area contributed by atoms with Gasteiger partial charge in [0.15, 0.2) is 0 Å². The number of nitrogens with zero attached hydrogens (tertiary/aromatic N) is 1. The van der Waals surface area contributed by atoms with Crippen LogP contribution in [-0.2, 0) is 18.9 Å². The van der Waals surface area contributed by atoms with Crippen molar-refractivity contribution >= 4 is 6.16 Å². The van der Waals surface area contributed by atoms with E-state index in [4.69, 9.17) is 24.1 Å². The Morgan fingerprint density at radius 3 is 2.37 bits per heavy atom. The van der Waals surface area contributed by atoms with E-state index in [0.717, 1.165) is 48.9 Å². The van der Waals surface area contributed by atoms with Crippen LogP contribution < -0.4 is 0 Å². The van der Waals surface area contributed by atoms with Gasteiger partial charge in [0.25, 0.3) is 0 Å².